The molecule has 7 heteroatoms. The van der Waals surface area contributed by atoms with E-state index in [-0.39, 0.29) is 0 Å². The Morgan fingerprint density at radius 3 is 2.41 bits per heavy atom. The molecule has 1 N–H and O–H groups in total. The summed E-state index contributed by atoms with van der Waals surface area (Å²) in [4.78, 5) is 3.41. The predicted octanol–water partition coefficient (Wildman–Crippen LogP) is 2.94. The molecule has 1 aromatic carbocycles. The van der Waals surface area contributed by atoms with E-state index in [1.807, 2.05) is 4.90 Å². The summed E-state index contributed by atoms with van der Waals surface area (Å²) in [5.41, 5.74) is 0.721. The van der Waals surface area contributed by atoms with E-state index in [0.717, 1.165) is 5.56 Å². The maximum atomic E-state index is 12.7. The van der Waals surface area contributed by atoms with Crippen molar-refractivity contribution in [3.05, 3.63) is 34.9 Å². The highest BCUT2D eigenvalue weighted by molar-refractivity contribution is 6.30. The van der Waals surface area contributed by atoms with Gasteiger partial charge in [-0.3, -0.25) is 9.80 Å². The van der Waals surface area contributed by atoms with Gasteiger partial charge in [0.15, 0.2) is 0 Å². The third kappa shape index (κ3) is 4.59. The molecular weight excluding hydrogens is 317 g/mol. The number of rotatable bonds is 4. The number of β-amino-alcohol motifs (C(OH)–C–C–N with tert-alkyl or cyclic N) is 1. The van der Waals surface area contributed by atoms with E-state index < -0.39 is 18.3 Å². The number of piperazine rings is 1. The molecule has 0 aromatic heterocycles. The molecule has 0 radical (unpaired) electrons. The van der Waals surface area contributed by atoms with Gasteiger partial charge in [-0.15, -0.1) is 0 Å². The Morgan fingerprint density at radius 1 is 1.23 bits per heavy atom. The molecule has 0 spiro atoms. The van der Waals surface area contributed by atoms with Crippen molar-refractivity contribution in [2.24, 2.45) is 0 Å². The second-order valence-electron chi connectivity index (χ2n) is 5.62. The van der Waals surface area contributed by atoms with Crippen LogP contribution in [0.25, 0.3) is 0 Å². The van der Waals surface area contributed by atoms with Crippen molar-refractivity contribution in [1.29, 1.82) is 0 Å². The smallest absolute Gasteiger partial charge is 0.387 e. The van der Waals surface area contributed by atoms with Crippen LogP contribution in [0.3, 0.4) is 0 Å². The van der Waals surface area contributed by atoms with Gasteiger partial charge in [-0.2, -0.15) is 13.2 Å². The lowest BCUT2D eigenvalue weighted by Crippen LogP contribution is -2.54. The van der Waals surface area contributed by atoms with Gasteiger partial charge >= 0.3 is 6.18 Å². The van der Waals surface area contributed by atoms with Gasteiger partial charge in [0.1, 0.15) is 6.04 Å². The average Bonchev–Trinajstić information content (AvgIpc) is 2.46. The molecule has 1 saturated heterocycles. The zero-order chi connectivity index (χ0) is 16.3. The first-order chi connectivity index (χ1) is 10.3. The number of hydrogen-bond acceptors (Lipinski definition) is 3. The fraction of sp³-hybridized carbons (Fsp3) is 0.600. The molecule has 22 heavy (non-hydrogen) atoms. The van der Waals surface area contributed by atoms with Crippen LogP contribution in [0.4, 0.5) is 13.2 Å². The Labute approximate surface area is 133 Å². The van der Waals surface area contributed by atoms with Gasteiger partial charge < -0.3 is 5.11 Å². The molecule has 1 aromatic rings. The monoisotopic (exact) mass is 336 g/mol. The summed E-state index contributed by atoms with van der Waals surface area (Å²) in [6.07, 6.45) is -4.88. The van der Waals surface area contributed by atoms with Crippen molar-refractivity contribution in [3.63, 3.8) is 0 Å². The Balaban J connectivity index is 1.85. The number of halogens is 4. The molecule has 1 heterocycles. The summed E-state index contributed by atoms with van der Waals surface area (Å²) in [6.45, 7) is 3.31. The van der Waals surface area contributed by atoms with Crippen LogP contribution < -0.4 is 0 Å². The van der Waals surface area contributed by atoms with Crippen LogP contribution in [0.15, 0.2) is 24.3 Å². The van der Waals surface area contributed by atoms with Crippen molar-refractivity contribution in [1.82, 2.24) is 9.80 Å². The summed E-state index contributed by atoms with van der Waals surface area (Å²) < 4.78 is 38.1. The maximum absolute atomic E-state index is 12.7. The lowest BCUT2D eigenvalue weighted by molar-refractivity contribution is -0.182. The molecule has 1 aliphatic rings. The Morgan fingerprint density at radius 2 is 1.86 bits per heavy atom. The van der Waals surface area contributed by atoms with Gasteiger partial charge in [-0.05, 0) is 24.6 Å². The summed E-state index contributed by atoms with van der Waals surface area (Å²) in [6, 6.07) is 5.57. The lowest BCUT2D eigenvalue weighted by Gasteiger charge is -2.39. The van der Waals surface area contributed by atoms with Gasteiger partial charge in [0.05, 0.1) is 6.10 Å². The van der Waals surface area contributed by atoms with Crippen molar-refractivity contribution >= 4 is 11.6 Å². The molecule has 124 valence electrons. The van der Waals surface area contributed by atoms with E-state index in [9.17, 15) is 18.3 Å². The first-order valence-corrected chi connectivity index (χ1v) is 7.62. The number of hydrogen-bond donors (Lipinski definition) is 1. The maximum Gasteiger partial charge on any atom is 0.403 e. The van der Waals surface area contributed by atoms with Crippen molar-refractivity contribution < 1.29 is 18.3 Å². The van der Waals surface area contributed by atoms with Gasteiger partial charge in [0.25, 0.3) is 0 Å². The standard InChI is InChI=1S/C15H20ClF3N2O/c1-11(15(17,18)19)21-7-5-20(6-8-21)10-14(22)12-3-2-4-13(16)9-12/h2-4,9,11,14,22H,5-8,10H2,1H3. The third-order valence-electron chi connectivity index (χ3n) is 4.09. The quantitative estimate of drug-likeness (QED) is 0.916. The van der Waals surface area contributed by atoms with E-state index >= 15 is 0 Å². The molecule has 0 saturated carbocycles. The highest BCUT2D eigenvalue weighted by atomic mass is 35.5. The number of alkyl halides is 3. The van der Waals surface area contributed by atoms with Crippen molar-refractivity contribution in [2.45, 2.75) is 25.2 Å². The first kappa shape index (κ1) is 17.5. The minimum atomic E-state index is -4.19. The van der Waals surface area contributed by atoms with E-state index in [1.165, 1.54) is 11.8 Å². The fourth-order valence-corrected chi connectivity index (χ4v) is 2.80. The average molecular weight is 337 g/mol. The predicted molar refractivity (Wildman–Crippen MR) is 79.9 cm³/mol. The van der Waals surface area contributed by atoms with E-state index in [2.05, 4.69) is 0 Å². The first-order valence-electron chi connectivity index (χ1n) is 7.24. The lowest BCUT2D eigenvalue weighted by atomic mass is 10.1. The molecule has 2 unspecified atom stereocenters. The summed E-state index contributed by atoms with van der Waals surface area (Å²) in [7, 11) is 0. The topological polar surface area (TPSA) is 26.7 Å². The van der Waals surface area contributed by atoms with Gasteiger partial charge in [-0.25, -0.2) is 0 Å². The minimum absolute atomic E-state index is 0.350. The molecule has 0 bridgehead atoms. The van der Waals surface area contributed by atoms with Crippen LogP contribution in [-0.2, 0) is 0 Å². The highest BCUT2D eigenvalue weighted by Gasteiger charge is 2.40. The van der Waals surface area contributed by atoms with Crippen LogP contribution in [0.5, 0.6) is 0 Å². The molecule has 3 nitrogen and oxygen atoms in total. The van der Waals surface area contributed by atoms with E-state index in [4.69, 9.17) is 11.6 Å². The molecule has 2 atom stereocenters. The number of aliphatic hydroxyl groups excluding tert-OH is 1. The van der Waals surface area contributed by atoms with Crippen molar-refractivity contribution in [2.75, 3.05) is 32.7 Å². The second kappa shape index (κ2) is 7.17. The fourth-order valence-electron chi connectivity index (χ4n) is 2.60. The normalized spacial score (nSPS) is 20.8. The second-order valence-corrected chi connectivity index (χ2v) is 6.06. The van der Waals surface area contributed by atoms with Crippen LogP contribution in [0.2, 0.25) is 5.02 Å². The molecule has 1 aliphatic heterocycles. The SMILES string of the molecule is CC(N1CCN(CC(O)c2cccc(Cl)c2)CC1)C(F)(F)F. The van der Waals surface area contributed by atoms with Crippen molar-refractivity contribution in [3.8, 4) is 0 Å². The molecular formula is C15H20ClF3N2O. The number of benzene rings is 1. The van der Waals surface area contributed by atoms with Crippen LogP contribution in [0, 0.1) is 0 Å². The molecule has 1 fully saturated rings. The van der Waals surface area contributed by atoms with Gasteiger partial charge in [0, 0.05) is 37.7 Å². The number of aliphatic hydroxyl groups is 1. The third-order valence-corrected chi connectivity index (χ3v) is 4.33. The van der Waals surface area contributed by atoms with Crippen LogP contribution >= 0.6 is 11.6 Å². The minimum Gasteiger partial charge on any atom is -0.387 e. The Kier molecular flexibility index (Phi) is 5.71. The van der Waals surface area contributed by atoms with E-state index in [0.29, 0.717) is 37.7 Å². The summed E-state index contributed by atoms with van der Waals surface area (Å²) >= 11 is 5.89. The molecule has 2 rings (SSSR count). The molecule has 0 amide bonds. The van der Waals surface area contributed by atoms with Gasteiger partial charge in [-0.1, -0.05) is 23.7 Å². The Hall–Kier alpha value is -0.820. The summed E-state index contributed by atoms with van der Waals surface area (Å²) in [5.74, 6) is 0. The summed E-state index contributed by atoms with van der Waals surface area (Å²) in [5, 5.41) is 10.8. The molecule has 0 aliphatic carbocycles. The zero-order valence-electron chi connectivity index (χ0n) is 12.4. The van der Waals surface area contributed by atoms with Crippen LogP contribution in [0.1, 0.15) is 18.6 Å². The Bertz CT molecular complexity index is 490. The van der Waals surface area contributed by atoms with Crippen LogP contribution in [-0.4, -0.2) is 59.8 Å². The zero-order valence-corrected chi connectivity index (χ0v) is 13.1. The highest BCUT2D eigenvalue weighted by Crippen LogP contribution is 2.25. The van der Waals surface area contributed by atoms with Gasteiger partial charge in [0.2, 0.25) is 0 Å². The largest absolute Gasteiger partial charge is 0.403 e. The number of nitrogens with zero attached hydrogens (tertiary/aromatic N) is 2. The van der Waals surface area contributed by atoms with E-state index in [1.54, 1.807) is 24.3 Å².